The zero-order chi connectivity index (χ0) is 18.6. The van der Waals surface area contributed by atoms with Crippen molar-refractivity contribution in [3.63, 3.8) is 0 Å². The molecule has 2 unspecified atom stereocenters. The van der Waals surface area contributed by atoms with Crippen molar-refractivity contribution in [3.8, 4) is 0 Å². The van der Waals surface area contributed by atoms with Gasteiger partial charge >= 0.3 is 0 Å². The zero-order valence-corrected chi connectivity index (χ0v) is 16.0. The summed E-state index contributed by atoms with van der Waals surface area (Å²) in [4.78, 5) is 23.9. The molecular formula is C21H27N3O2. The van der Waals surface area contributed by atoms with E-state index in [1.807, 2.05) is 0 Å². The lowest BCUT2D eigenvalue weighted by Crippen LogP contribution is -2.39. The maximum absolute atomic E-state index is 12.4. The normalized spacial score (nSPS) is 22.5. The van der Waals surface area contributed by atoms with E-state index < -0.39 is 0 Å². The number of hydrogen-bond donors (Lipinski definition) is 1. The number of hydrogen-bond acceptors (Lipinski definition) is 3. The van der Waals surface area contributed by atoms with Gasteiger partial charge in [-0.05, 0) is 49.1 Å². The molecule has 1 aliphatic carbocycles. The Kier molecular flexibility index (Phi) is 3.94. The molecule has 1 aromatic heterocycles. The van der Waals surface area contributed by atoms with Gasteiger partial charge in [0.25, 0.3) is 0 Å². The molecule has 26 heavy (non-hydrogen) atoms. The van der Waals surface area contributed by atoms with Gasteiger partial charge in [-0.2, -0.15) is 5.10 Å². The molecule has 1 saturated heterocycles. The van der Waals surface area contributed by atoms with E-state index in [0.29, 0.717) is 24.8 Å². The quantitative estimate of drug-likeness (QED) is 0.853. The van der Waals surface area contributed by atoms with Crippen LogP contribution in [0, 0.1) is 5.92 Å². The number of aromatic nitrogens is 2. The number of fused-ring (bicyclic) bond motifs is 1. The number of amides is 2. The first kappa shape index (κ1) is 17.3. The summed E-state index contributed by atoms with van der Waals surface area (Å²) in [5.74, 6) is -0.0718. The van der Waals surface area contributed by atoms with E-state index >= 15 is 0 Å². The SMILES string of the molecule is CC(C1CC1)n1nc(C2CCC(=O)NC2=O)c2ccc(C(C)(C)C)cc21. The zero-order valence-electron chi connectivity index (χ0n) is 16.0. The summed E-state index contributed by atoms with van der Waals surface area (Å²) in [6.07, 6.45) is 3.41. The highest BCUT2D eigenvalue weighted by Crippen LogP contribution is 2.42. The molecule has 138 valence electrons. The molecule has 1 N–H and O–H groups in total. The van der Waals surface area contributed by atoms with Gasteiger partial charge in [0, 0.05) is 11.8 Å². The first-order valence-electron chi connectivity index (χ1n) is 9.62. The summed E-state index contributed by atoms with van der Waals surface area (Å²) in [5.41, 5.74) is 3.25. The topological polar surface area (TPSA) is 64.0 Å². The van der Waals surface area contributed by atoms with Crippen molar-refractivity contribution in [1.29, 1.82) is 0 Å². The lowest BCUT2D eigenvalue weighted by Gasteiger charge is -2.20. The second-order valence-electron chi connectivity index (χ2n) is 8.89. The molecule has 2 heterocycles. The summed E-state index contributed by atoms with van der Waals surface area (Å²) >= 11 is 0. The molecule has 5 nitrogen and oxygen atoms in total. The predicted molar refractivity (Wildman–Crippen MR) is 101 cm³/mol. The van der Waals surface area contributed by atoms with E-state index in [1.54, 1.807) is 0 Å². The molecule has 2 aliphatic rings. The molecule has 2 aromatic rings. The molecule has 2 atom stereocenters. The van der Waals surface area contributed by atoms with Gasteiger partial charge in [0.05, 0.1) is 23.2 Å². The summed E-state index contributed by atoms with van der Waals surface area (Å²) in [6.45, 7) is 8.85. The Balaban J connectivity index is 1.85. The molecule has 0 bridgehead atoms. The second-order valence-corrected chi connectivity index (χ2v) is 8.89. The van der Waals surface area contributed by atoms with Crippen molar-refractivity contribution >= 4 is 22.7 Å². The number of nitrogens with one attached hydrogen (secondary N) is 1. The van der Waals surface area contributed by atoms with Crippen molar-refractivity contribution in [2.24, 2.45) is 5.92 Å². The third-order valence-electron chi connectivity index (χ3n) is 5.86. The molecule has 5 heteroatoms. The van der Waals surface area contributed by atoms with Crippen LogP contribution >= 0.6 is 0 Å². The van der Waals surface area contributed by atoms with Gasteiger partial charge in [-0.15, -0.1) is 0 Å². The second kappa shape index (κ2) is 5.93. The molecule has 0 spiro atoms. The van der Waals surface area contributed by atoms with Gasteiger partial charge in [-0.1, -0.05) is 32.9 Å². The molecule has 4 rings (SSSR count). The Morgan fingerprint density at radius 3 is 2.54 bits per heavy atom. The van der Waals surface area contributed by atoms with E-state index in [9.17, 15) is 9.59 Å². The molecule has 1 aliphatic heterocycles. The number of rotatable bonds is 3. The van der Waals surface area contributed by atoms with Crippen LogP contribution in [-0.2, 0) is 15.0 Å². The Labute approximate surface area is 154 Å². The van der Waals surface area contributed by atoms with Gasteiger partial charge in [-0.25, -0.2) is 0 Å². The average molecular weight is 353 g/mol. The summed E-state index contributed by atoms with van der Waals surface area (Å²) in [7, 11) is 0. The molecule has 2 fully saturated rings. The van der Waals surface area contributed by atoms with E-state index in [-0.39, 0.29) is 23.1 Å². The predicted octanol–water partition coefficient (Wildman–Crippen LogP) is 3.83. The van der Waals surface area contributed by atoms with Crippen LogP contribution in [0.25, 0.3) is 10.9 Å². The molecule has 1 saturated carbocycles. The van der Waals surface area contributed by atoms with Crippen molar-refractivity contribution in [2.45, 2.75) is 70.8 Å². The molecule has 1 aromatic carbocycles. The fourth-order valence-corrected chi connectivity index (χ4v) is 3.93. The molecule has 2 amide bonds. The fourth-order valence-electron chi connectivity index (χ4n) is 3.93. The van der Waals surface area contributed by atoms with Gasteiger partial charge < -0.3 is 0 Å². The maximum atomic E-state index is 12.4. The number of imide groups is 1. The summed E-state index contributed by atoms with van der Waals surface area (Å²) < 4.78 is 2.13. The summed E-state index contributed by atoms with van der Waals surface area (Å²) in [6, 6.07) is 6.81. The van der Waals surface area contributed by atoms with Crippen LogP contribution in [0.15, 0.2) is 18.2 Å². The summed E-state index contributed by atoms with van der Waals surface area (Å²) in [5, 5.41) is 8.43. The van der Waals surface area contributed by atoms with Crippen molar-refractivity contribution < 1.29 is 9.59 Å². The van der Waals surface area contributed by atoms with Crippen LogP contribution in [0.5, 0.6) is 0 Å². The number of benzene rings is 1. The Bertz CT molecular complexity index is 887. The number of nitrogens with zero attached hydrogens (tertiary/aromatic N) is 2. The monoisotopic (exact) mass is 353 g/mol. The van der Waals surface area contributed by atoms with E-state index in [0.717, 1.165) is 16.6 Å². The lowest BCUT2D eigenvalue weighted by molar-refractivity contribution is -0.134. The number of piperidine rings is 1. The van der Waals surface area contributed by atoms with E-state index in [2.05, 4.69) is 55.9 Å². The highest BCUT2D eigenvalue weighted by Gasteiger charge is 2.35. The van der Waals surface area contributed by atoms with Crippen molar-refractivity contribution in [3.05, 3.63) is 29.5 Å². The minimum atomic E-state index is -0.344. The molecule has 0 radical (unpaired) electrons. The maximum Gasteiger partial charge on any atom is 0.235 e. The number of carbonyl (C=O) groups excluding carboxylic acids is 2. The molecular weight excluding hydrogens is 326 g/mol. The van der Waals surface area contributed by atoms with Crippen molar-refractivity contribution in [1.82, 2.24) is 15.1 Å². The van der Waals surface area contributed by atoms with E-state index in [1.165, 1.54) is 18.4 Å². The van der Waals surface area contributed by atoms with Gasteiger partial charge in [0.2, 0.25) is 11.8 Å². The van der Waals surface area contributed by atoms with Crippen LogP contribution in [-0.4, -0.2) is 21.6 Å². The van der Waals surface area contributed by atoms with E-state index in [4.69, 9.17) is 5.10 Å². The third kappa shape index (κ3) is 2.93. The number of carbonyl (C=O) groups is 2. The largest absolute Gasteiger partial charge is 0.296 e. The van der Waals surface area contributed by atoms with Crippen molar-refractivity contribution in [2.75, 3.05) is 0 Å². The van der Waals surface area contributed by atoms with Crippen LogP contribution in [0.1, 0.15) is 76.6 Å². The minimum Gasteiger partial charge on any atom is -0.296 e. The minimum absolute atomic E-state index is 0.0565. The smallest absolute Gasteiger partial charge is 0.235 e. The van der Waals surface area contributed by atoms with Gasteiger partial charge in [0.1, 0.15) is 0 Å². The van der Waals surface area contributed by atoms with Gasteiger partial charge in [0.15, 0.2) is 0 Å². The fraction of sp³-hybridized carbons (Fsp3) is 0.571. The lowest BCUT2D eigenvalue weighted by atomic mass is 9.86. The standard InChI is InChI=1S/C21H27N3O2/c1-12(13-5-6-13)24-17-11-14(21(2,3)4)7-8-15(17)19(23-24)16-9-10-18(25)22-20(16)26/h7-8,11-13,16H,5-6,9-10H2,1-4H3,(H,22,25,26). The Morgan fingerprint density at radius 2 is 1.92 bits per heavy atom. The van der Waals surface area contributed by atoms with Crippen LogP contribution < -0.4 is 5.32 Å². The highest BCUT2D eigenvalue weighted by atomic mass is 16.2. The third-order valence-corrected chi connectivity index (χ3v) is 5.86. The van der Waals surface area contributed by atoms with Crippen LogP contribution in [0.4, 0.5) is 0 Å². The van der Waals surface area contributed by atoms with Gasteiger partial charge in [-0.3, -0.25) is 19.6 Å². The van der Waals surface area contributed by atoms with Crippen LogP contribution in [0.2, 0.25) is 0 Å². The highest BCUT2D eigenvalue weighted by molar-refractivity contribution is 6.02. The Hall–Kier alpha value is -2.17. The first-order valence-corrected chi connectivity index (χ1v) is 9.62. The first-order chi connectivity index (χ1) is 12.3. The Morgan fingerprint density at radius 1 is 1.19 bits per heavy atom. The average Bonchev–Trinajstić information content (AvgIpc) is 3.35. The van der Waals surface area contributed by atoms with Crippen LogP contribution in [0.3, 0.4) is 0 Å².